The van der Waals surface area contributed by atoms with Gasteiger partial charge in [0.15, 0.2) is 0 Å². The molecule has 3 heterocycles. The van der Waals surface area contributed by atoms with Gasteiger partial charge in [-0.15, -0.1) is 0 Å². The van der Waals surface area contributed by atoms with Crippen molar-refractivity contribution in [3.63, 3.8) is 0 Å². The summed E-state index contributed by atoms with van der Waals surface area (Å²) in [5.74, 6) is -17.2. The summed E-state index contributed by atoms with van der Waals surface area (Å²) in [5.41, 5.74) is 24.8. The summed E-state index contributed by atoms with van der Waals surface area (Å²) in [6.45, 7) is 3.59. The number of hydrogen-bond acceptors (Lipinski definition) is 24. The molecule has 14 amide bonds. The number of carbonyl (C=O) groups excluding carboxylic acids is 14. The number of aromatic nitrogens is 5. The van der Waals surface area contributed by atoms with Crippen molar-refractivity contribution in [2.45, 2.75) is 183 Å². The zero-order valence-electron chi connectivity index (χ0n) is 62.5. The first-order valence-corrected chi connectivity index (χ1v) is 36.0. The minimum absolute atomic E-state index is 0.0984. The number of para-hydroxylation sites is 1. The molecule has 0 saturated carbocycles. The Hall–Kier alpha value is -12.9. The molecule has 0 spiro atoms. The van der Waals surface area contributed by atoms with Gasteiger partial charge in [0.05, 0.1) is 50.4 Å². The van der Waals surface area contributed by atoms with Crippen molar-refractivity contribution in [1.29, 1.82) is 0 Å². The Morgan fingerprint density at radius 3 is 1.29 bits per heavy atom. The second-order valence-electron chi connectivity index (χ2n) is 27.0. The Balaban J connectivity index is 1.14. The van der Waals surface area contributed by atoms with Gasteiger partial charge < -0.3 is 132 Å². The van der Waals surface area contributed by atoms with Crippen molar-refractivity contribution in [1.82, 2.24) is 88.7 Å². The summed E-state index contributed by atoms with van der Waals surface area (Å²) < 4.78 is 0. The Labute approximate surface area is 650 Å². The smallest absolute Gasteiger partial charge is 0.326 e. The van der Waals surface area contributed by atoms with Gasteiger partial charge in [0.1, 0.15) is 84.0 Å². The Bertz CT molecular complexity index is 4310. The number of nitrogens with two attached hydrogens (primary N) is 4. The van der Waals surface area contributed by atoms with Gasteiger partial charge in [0.2, 0.25) is 82.7 Å². The molecule has 0 aliphatic carbocycles. The molecule has 15 atom stereocenters. The standard InChI is InChI=1S/C72H97N21O21/c1-34(60(101)84-48(11-7-8-20-73)63(104)87-51(23-40-28-79-47-10-6-5-9-45(40)47)67(108)92-59(37(4)96)71(112)90-54(72(113)114)25-42-30-78-33-81-42)83-69(110)55(31-94)91-61(102)35(2)82-64(105)49(21-38-12-16-43(97)17-13-38)89-70(111)58(36(3)95)93-68(109)53(27-57(76)100)88-65(106)50(22-39-14-18-44(98)19-15-39)86-66(107)52(24-41-29-77-32-80-41)85-62(103)46(74)26-56(75)99/h5-6,9-10,12-19,28-30,32-37,46,48-55,58-59,79,94-98H,7-8,11,20-27,31,73-74H2,1-4H3,(H2,75,99)(H2,76,100)(H,77,80)(H,78,81)(H,82,105)(H,83,110)(H,84,101)(H,85,103)(H,86,107)(H,87,104)(H,88,106)(H,89,111)(H,90,112)(H,91,102)(H,92,108)(H,93,109)(H,113,114)/t34-,35-,36+,37+,46-,48-,49-,50-,51-,52-,53-,54-,55-,58-,59-/m0/s1. The number of primary amides is 2. The molecular weight excluding hydrogens is 1490 g/mol. The molecule has 6 aromatic rings. The van der Waals surface area contributed by atoms with Gasteiger partial charge >= 0.3 is 5.97 Å². The summed E-state index contributed by atoms with van der Waals surface area (Å²) >= 11 is 0. The van der Waals surface area contributed by atoms with Crippen LogP contribution in [0.3, 0.4) is 0 Å². The number of H-pyrrole nitrogens is 3. The van der Waals surface area contributed by atoms with Crippen molar-refractivity contribution >= 4 is 99.6 Å². The van der Waals surface area contributed by atoms with Crippen LogP contribution in [0.2, 0.25) is 0 Å². The van der Waals surface area contributed by atoms with Crippen LogP contribution in [0.4, 0.5) is 0 Å². The molecule has 42 heteroatoms. The van der Waals surface area contributed by atoms with Crippen LogP contribution in [-0.4, -0.2) is 248 Å². The second kappa shape index (κ2) is 43.6. The predicted octanol–water partition coefficient (Wildman–Crippen LogP) is -7.56. The monoisotopic (exact) mass is 1590 g/mol. The van der Waals surface area contributed by atoms with Gasteiger partial charge in [-0.2, -0.15) is 0 Å². The van der Waals surface area contributed by atoms with Crippen molar-refractivity contribution in [3.05, 3.63) is 132 Å². The fourth-order valence-corrected chi connectivity index (χ4v) is 11.5. The molecule has 0 radical (unpaired) electrons. The number of aliphatic carboxylic acids is 1. The topological polar surface area (TPSA) is 699 Å². The highest BCUT2D eigenvalue weighted by atomic mass is 16.4. The lowest BCUT2D eigenvalue weighted by molar-refractivity contribution is -0.143. The van der Waals surface area contributed by atoms with E-state index >= 15 is 0 Å². The highest BCUT2D eigenvalue weighted by Crippen LogP contribution is 2.21. The van der Waals surface area contributed by atoms with E-state index < -0.39 is 205 Å². The number of aromatic amines is 3. The number of imidazole rings is 2. The first kappa shape index (κ1) is 90.0. The number of benzene rings is 3. The van der Waals surface area contributed by atoms with Crippen LogP contribution in [0, 0.1) is 0 Å². The molecule has 3 aromatic heterocycles. The van der Waals surface area contributed by atoms with Gasteiger partial charge in [0.25, 0.3) is 0 Å². The van der Waals surface area contributed by atoms with Crippen molar-refractivity contribution in [2.24, 2.45) is 22.9 Å². The molecular formula is C72H97N21O21. The van der Waals surface area contributed by atoms with E-state index in [0.717, 1.165) is 13.8 Å². The number of aromatic hydroxyl groups is 2. The number of rotatable bonds is 46. The summed E-state index contributed by atoms with van der Waals surface area (Å²) in [6, 6.07) is -4.41. The third kappa shape index (κ3) is 28.1. The third-order valence-corrected chi connectivity index (χ3v) is 17.8. The number of aliphatic hydroxyl groups is 3. The zero-order chi connectivity index (χ0) is 84.0. The average Bonchev–Trinajstić information content (AvgIpc) is 1.62. The maximum Gasteiger partial charge on any atom is 0.326 e. The summed E-state index contributed by atoms with van der Waals surface area (Å²) in [6.07, 6.45) is 0.633. The molecule has 0 saturated heterocycles. The van der Waals surface area contributed by atoms with E-state index in [-0.39, 0.29) is 62.1 Å². The number of aliphatic hydroxyl groups excluding tert-OH is 3. The quantitative estimate of drug-likeness (QED) is 0.0158. The van der Waals surface area contributed by atoms with Crippen LogP contribution in [0.25, 0.3) is 10.9 Å². The van der Waals surface area contributed by atoms with Crippen molar-refractivity contribution in [2.75, 3.05) is 13.2 Å². The molecule has 0 aliphatic rings. The van der Waals surface area contributed by atoms with Crippen LogP contribution in [0.15, 0.2) is 104 Å². The van der Waals surface area contributed by atoms with E-state index in [2.05, 4.69) is 88.7 Å². The number of phenolic OH excluding ortho intramolecular Hbond substituents is 2. The van der Waals surface area contributed by atoms with Crippen LogP contribution in [-0.2, 0) is 104 Å². The number of nitrogens with one attached hydrogen (secondary N) is 15. The van der Waals surface area contributed by atoms with E-state index in [1.807, 2.05) is 0 Å². The minimum Gasteiger partial charge on any atom is -0.508 e. The highest BCUT2D eigenvalue weighted by Gasteiger charge is 2.39. The van der Waals surface area contributed by atoms with Crippen molar-refractivity contribution < 1.29 is 103 Å². The number of unbranched alkanes of at least 4 members (excludes halogenated alkanes) is 1. The molecule has 29 N–H and O–H groups in total. The Morgan fingerprint density at radius 2 is 0.825 bits per heavy atom. The molecule has 616 valence electrons. The van der Waals surface area contributed by atoms with Gasteiger partial charge in [0, 0.05) is 73.0 Å². The van der Waals surface area contributed by atoms with Crippen LogP contribution < -0.4 is 86.7 Å². The van der Waals surface area contributed by atoms with E-state index in [4.69, 9.17) is 22.9 Å². The average molecular weight is 1590 g/mol. The Morgan fingerprint density at radius 1 is 0.430 bits per heavy atom. The summed E-state index contributed by atoms with van der Waals surface area (Å²) in [7, 11) is 0. The normalized spacial score (nSPS) is 15.1. The molecule has 114 heavy (non-hydrogen) atoms. The fraction of sp³-hybridized carbons (Fsp3) is 0.431. The molecule has 3 aromatic carbocycles. The highest BCUT2D eigenvalue weighted by molar-refractivity contribution is 6.01. The van der Waals surface area contributed by atoms with Gasteiger partial charge in [-0.05, 0) is 101 Å². The molecule has 6 rings (SSSR count). The van der Waals surface area contributed by atoms with E-state index in [1.165, 1.54) is 87.4 Å². The number of amides is 14. The maximum absolute atomic E-state index is 14.5. The Kier molecular flexibility index (Phi) is 34.4. The van der Waals surface area contributed by atoms with Crippen LogP contribution in [0.5, 0.6) is 11.5 Å². The first-order chi connectivity index (χ1) is 54.0. The van der Waals surface area contributed by atoms with Crippen LogP contribution >= 0.6 is 0 Å². The molecule has 0 fully saturated rings. The lowest BCUT2D eigenvalue weighted by Gasteiger charge is -2.28. The number of carboxylic acids is 1. The predicted molar refractivity (Wildman–Crippen MR) is 401 cm³/mol. The van der Waals surface area contributed by atoms with E-state index in [0.29, 0.717) is 39.8 Å². The molecule has 0 bridgehead atoms. The van der Waals surface area contributed by atoms with Gasteiger partial charge in [-0.25, -0.2) is 14.8 Å². The van der Waals surface area contributed by atoms with Crippen LogP contribution in [0.1, 0.15) is 87.9 Å². The first-order valence-electron chi connectivity index (χ1n) is 36.0. The summed E-state index contributed by atoms with van der Waals surface area (Å²) in [5, 5.41) is 91.6. The SMILES string of the molecule is C[C@H](NC(=O)[C@H](CO)NC(=O)[C@H](C)NC(=O)[C@H](Cc1ccc(O)cc1)NC(=O)[C@@H](NC(=O)[C@H](CC(N)=O)NC(=O)[C@H](Cc1ccc(O)cc1)NC(=O)[C@H](Cc1cnc[nH]1)NC(=O)[C@@H](N)CC(N)=O)[C@@H](C)O)C(=O)N[C@@H](CCCCN)C(=O)N[C@@H](Cc1c[nH]c2ccccc12)C(=O)N[C@H](C(=O)N[C@@H](Cc1cnc[nH]1)C(=O)O)[C@@H](C)O. The lowest BCUT2D eigenvalue weighted by Crippen LogP contribution is -2.62. The largest absolute Gasteiger partial charge is 0.508 e. The van der Waals surface area contributed by atoms with Gasteiger partial charge in [-0.1, -0.05) is 42.5 Å². The molecule has 42 nitrogen and oxygen atoms in total. The number of phenols is 2. The lowest BCUT2D eigenvalue weighted by atomic mass is 10.0. The maximum atomic E-state index is 14.5. The number of nitrogens with zero attached hydrogens (tertiary/aromatic N) is 2. The zero-order valence-corrected chi connectivity index (χ0v) is 62.5. The number of carboxylic acid groups (broad SMARTS) is 1. The van der Waals surface area contributed by atoms with Gasteiger partial charge in [-0.3, -0.25) is 67.1 Å². The number of fused-ring (bicyclic) bond motifs is 1. The summed E-state index contributed by atoms with van der Waals surface area (Å²) in [4.78, 5) is 222. The van der Waals surface area contributed by atoms with E-state index in [1.54, 1.807) is 30.5 Å². The fourth-order valence-electron chi connectivity index (χ4n) is 11.5. The second-order valence-corrected chi connectivity index (χ2v) is 27.0. The van der Waals surface area contributed by atoms with E-state index in [9.17, 15) is 103 Å². The number of carbonyl (C=O) groups is 15. The minimum atomic E-state index is -2.04. The van der Waals surface area contributed by atoms with Crippen molar-refractivity contribution in [3.8, 4) is 11.5 Å². The molecule has 0 unspecified atom stereocenters. The third-order valence-electron chi connectivity index (χ3n) is 17.8. The molecule has 0 aliphatic heterocycles. The number of hydrogen-bond donors (Lipinski definition) is 25.